The van der Waals surface area contributed by atoms with E-state index in [0.29, 0.717) is 6.04 Å². The van der Waals surface area contributed by atoms with Crippen LogP contribution in [0.4, 0.5) is 0 Å². The normalized spacial score (nSPS) is 38.5. The molecule has 3 aliphatic rings. The van der Waals surface area contributed by atoms with Gasteiger partial charge in [0.1, 0.15) is 0 Å². The van der Waals surface area contributed by atoms with Gasteiger partial charge in [-0.3, -0.25) is 0 Å². The molecule has 3 nitrogen and oxygen atoms in total. The lowest BCUT2D eigenvalue weighted by atomic mass is 9.76. The Balaban J connectivity index is 1.66. The summed E-state index contributed by atoms with van der Waals surface area (Å²) in [5.74, 6) is 2.57. The molecule has 1 saturated carbocycles. The SMILES string of the molecule is CCNC(C1CCOC2(CCOC2)C1)C(C)C1CC1. The van der Waals surface area contributed by atoms with Crippen LogP contribution in [0.5, 0.6) is 0 Å². The summed E-state index contributed by atoms with van der Waals surface area (Å²) < 4.78 is 11.7. The van der Waals surface area contributed by atoms with Crippen molar-refractivity contribution in [2.45, 2.75) is 57.6 Å². The van der Waals surface area contributed by atoms with Gasteiger partial charge in [-0.25, -0.2) is 0 Å². The molecule has 1 aliphatic carbocycles. The molecule has 3 fully saturated rings. The largest absolute Gasteiger partial charge is 0.378 e. The van der Waals surface area contributed by atoms with Crippen molar-refractivity contribution >= 4 is 0 Å². The summed E-state index contributed by atoms with van der Waals surface area (Å²) in [6, 6.07) is 0.680. The van der Waals surface area contributed by atoms with E-state index >= 15 is 0 Å². The summed E-state index contributed by atoms with van der Waals surface area (Å²) in [6.45, 7) is 8.41. The maximum Gasteiger partial charge on any atom is 0.0939 e. The van der Waals surface area contributed by atoms with Crippen LogP contribution in [0.3, 0.4) is 0 Å². The second kappa shape index (κ2) is 5.71. The highest BCUT2D eigenvalue weighted by Gasteiger charge is 2.45. The minimum atomic E-state index is 0.0554. The molecule has 0 radical (unpaired) electrons. The van der Waals surface area contributed by atoms with E-state index in [9.17, 15) is 0 Å². The van der Waals surface area contributed by atoms with Crippen LogP contribution in [-0.4, -0.2) is 38.0 Å². The fraction of sp³-hybridized carbons (Fsp3) is 1.00. The second-order valence-corrected chi connectivity index (χ2v) is 6.87. The van der Waals surface area contributed by atoms with E-state index in [-0.39, 0.29) is 5.60 Å². The van der Waals surface area contributed by atoms with Gasteiger partial charge in [-0.15, -0.1) is 0 Å². The topological polar surface area (TPSA) is 30.5 Å². The highest BCUT2D eigenvalue weighted by atomic mass is 16.6. The molecule has 110 valence electrons. The fourth-order valence-corrected chi connectivity index (χ4v) is 4.17. The monoisotopic (exact) mass is 267 g/mol. The van der Waals surface area contributed by atoms with E-state index in [1.807, 2.05) is 0 Å². The van der Waals surface area contributed by atoms with Crippen molar-refractivity contribution in [2.75, 3.05) is 26.4 Å². The van der Waals surface area contributed by atoms with Gasteiger partial charge in [0.05, 0.1) is 12.2 Å². The van der Waals surface area contributed by atoms with Gasteiger partial charge in [-0.05, 0) is 50.0 Å². The van der Waals surface area contributed by atoms with E-state index in [0.717, 1.165) is 50.5 Å². The van der Waals surface area contributed by atoms with Crippen molar-refractivity contribution in [1.82, 2.24) is 5.32 Å². The first-order valence-electron chi connectivity index (χ1n) is 8.19. The molecular weight excluding hydrogens is 238 g/mol. The molecular formula is C16H29NO2. The maximum absolute atomic E-state index is 6.09. The lowest BCUT2D eigenvalue weighted by Gasteiger charge is -2.42. The summed E-state index contributed by atoms with van der Waals surface area (Å²) in [7, 11) is 0. The molecule has 19 heavy (non-hydrogen) atoms. The van der Waals surface area contributed by atoms with Crippen molar-refractivity contribution in [3.8, 4) is 0 Å². The predicted molar refractivity (Wildman–Crippen MR) is 76.2 cm³/mol. The molecule has 0 aromatic rings. The van der Waals surface area contributed by atoms with Gasteiger partial charge in [-0.1, -0.05) is 13.8 Å². The minimum Gasteiger partial charge on any atom is -0.378 e. The van der Waals surface area contributed by atoms with Crippen molar-refractivity contribution in [3.05, 3.63) is 0 Å². The molecule has 0 amide bonds. The van der Waals surface area contributed by atoms with Gasteiger partial charge in [0, 0.05) is 25.7 Å². The number of ether oxygens (including phenoxy) is 2. The van der Waals surface area contributed by atoms with Gasteiger partial charge in [0.15, 0.2) is 0 Å². The number of rotatable bonds is 5. The number of hydrogen-bond acceptors (Lipinski definition) is 3. The van der Waals surface area contributed by atoms with E-state index in [1.54, 1.807) is 0 Å². The van der Waals surface area contributed by atoms with Crippen molar-refractivity contribution in [2.24, 2.45) is 17.8 Å². The van der Waals surface area contributed by atoms with Crippen LogP contribution in [0.1, 0.15) is 46.0 Å². The molecule has 4 atom stereocenters. The van der Waals surface area contributed by atoms with Crippen LogP contribution in [0, 0.1) is 17.8 Å². The van der Waals surface area contributed by atoms with Crippen molar-refractivity contribution in [1.29, 1.82) is 0 Å². The minimum absolute atomic E-state index is 0.0554. The van der Waals surface area contributed by atoms with Crippen molar-refractivity contribution in [3.63, 3.8) is 0 Å². The third-order valence-electron chi connectivity index (χ3n) is 5.48. The van der Waals surface area contributed by atoms with Crippen LogP contribution in [0.2, 0.25) is 0 Å². The molecule has 1 N–H and O–H groups in total. The Bertz CT molecular complexity index is 297. The van der Waals surface area contributed by atoms with Crippen LogP contribution in [0.15, 0.2) is 0 Å². The Morgan fingerprint density at radius 1 is 1.21 bits per heavy atom. The first-order chi connectivity index (χ1) is 9.24. The average Bonchev–Trinajstić information content (AvgIpc) is 3.18. The zero-order valence-corrected chi connectivity index (χ0v) is 12.5. The van der Waals surface area contributed by atoms with Crippen LogP contribution < -0.4 is 5.32 Å². The third kappa shape index (κ3) is 2.98. The van der Waals surface area contributed by atoms with Gasteiger partial charge < -0.3 is 14.8 Å². The quantitative estimate of drug-likeness (QED) is 0.830. The van der Waals surface area contributed by atoms with E-state index < -0.39 is 0 Å². The smallest absolute Gasteiger partial charge is 0.0939 e. The molecule has 3 heteroatoms. The first-order valence-corrected chi connectivity index (χ1v) is 8.19. The fourth-order valence-electron chi connectivity index (χ4n) is 4.17. The molecule has 0 aromatic heterocycles. The highest BCUT2D eigenvalue weighted by Crippen LogP contribution is 2.44. The molecule has 2 saturated heterocycles. The summed E-state index contributed by atoms with van der Waals surface area (Å²) >= 11 is 0. The van der Waals surface area contributed by atoms with Gasteiger partial charge in [0.2, 0.25) is 0 Å². The highest BCUT2D eigenvalue weighted by molar-refractivity contribution is 4.97. The Morgan fingerprint density at radius 2 is 2.05 bits per heavy atom. The standard InChI is InChI=1S/C16H29NO2/c1-3-17-15(12(2)13-4-5-13)14-6-8-19-16(10-14)7-9-18-11-16/h12-15,17H,3-11H2,1-2H3. The third-order valence-corrected chi connectivity index (χ3v) is 5.48. The first kappa shape index (κ1) is 13.8. The Hall–Kier alpha value is -0.120. The second-order valence-electron chi connectivity index (χ2n) is 6.87. The Labute approximate surface area is 117 Å². The summed E-state index contributed by atoms with van der Waals surface area (Å²) in [5.41, 5.74) is 0.0554. The van der Waals surface area contributed by atoms with Gasteiger partial charge in [-0.2, -0.15) is 0 Å². The van der Waals surface area contributed by atoms with Crippen molar-refractivity contribution < 1.29 is 9.47 Å². The molecule has 1 spiro atoms. The summed E-state index contributed by atoms with van der Waals surface area (Å²) in [4.78, 5) is 0. The Morgan fingerprint density at radius 3 is 2.68 bits per heavy atom. The molecule has 0 bridgehead atoms. The van der Waals surface area contributed by atoms with Crippen LogP contribution in [-0.2, 0) is 9.47 Å². The lowest BCUT2D eigenvalue weighted by molar-refractivity contribution is -0.106. The zero-order chi connectivity index (χ0) is 13.3. The lowest BCUT2D eigenvalue weighted by Crippen LogP contribution is -2.50. The molecule has 2 heterocycles. The number of nitrogens with one attached hydrogen (secondary N) is 1. The average molecular weight is 267 g/mol. The summed E-state index contributed by atoms with van der Waals surface area (Å²) in [6.07, 6.45) is 6.40. The van der Waals surface area contributed by atoms with Crippen LogP contribution in [0.25, 0.3) is 0 Å². The van der Waals surface area contributed by atoms with E-state index in [1.165, 1.54) is 25.7 Å². The zero-order valence-electron chi connectivity index (χ0n) is 12.5. The molecule has 4 unspecified atom stereocenters. The summed E-state index contributed by atoms with van der Waals surface area (Å²) in [5, 5.41) is 3.78. The molecule has 2 aliphatic heterocycles. The Kier molecular flexibility index (Phi) is 4.16. The van der Waals surface area contributed by atoms with E-state index in [4.69, 9.17) is 9.47 Å². The van der Waals surface area contributed by atoms with Crippen LogP contribution >= 0.6 is 0 Å². The molecule has 3 rings (SSSR count). The maximum atomic E-state index is 6.09. The van der Waals surface area contributed by atoms with E-state index in [2.05, 4.69) is 19.2 Å². The van der Waals surface area contributed by atoms with Gasteiger partial charge >= 0.3 is 0 Å². The van der Waals surface area contributed by atoms with Gasteiger partial charge in [0.25, 0.3) is 0 Å². The molecule has 0 aromatic carbocycles. The predicted octanol–water partition coefficient (Wildman–Crippen LogP) is 2.60. The number of hydrogen-bond donors (Lipinski definition) is 1.